The summed E-state index contributed by atoms with van der Waals surface area (Å²) in [6.45, 7) is 0. The fraction of sp³-hybridized carbons (Fsp3) is 0.500. The van der Waals surface area contributed by atoms with Crippen LogP contribution in [0, 0.1) is 11.7 Å². The summed E-state index contributed by atoms with van der Waals surface area (Å²) in [5.41, 5.74) is 7.19. The van der Waals surface area contributed by atoms with Crippen molar-refractivity contribution in [2.75, 3.05) is 0 Å². The fourth-order valence-corrected chi connectivity index (χ4v) is 2.24. The van der Waals surface area contributed by atoms with Gasteiger partial charge >= 0.3 is 0 Å². The summed E-state index contributed by atoms with van der Waals surface area (Å²) in [5.74, 6) is 0.435. The van der Waals surface area contributed by atoms with E-state index in [1.165, 1.54) is 30.5 Å². The lowest BCUT2D eigenvalue weighted by molar-refractivity contribution is 0.478. The zero-order chi connectivity index (χ0) is 9.97. The highest BCUT2D eigenvalue weighted by atomic mass is 19.1. The molecule has 0 unspecified atom stereocenters. The second kappa shape index (κ2) is 4.09. The average molecular weight is 193 g/mol. The Morgan fingerprint density at radius 3 is 2.50 bits per heavy atom. The van der Waals surface area contributed by atoms with Crippen LogP contribution >= 0.6 is 0 Å². The molecule has 0 aromatic heterocycles. The quantitative estimate of drug-likeness (QED) is 0.767. The second-order valence-corrected chi connectivity index (χ2v) is 4.19. The third kappa shape index (κ3) is 2.13. The predicted molar refractivity (Wildman–Crippen MR) is 55.4 cm³/mol. The van der Waals surface area contributed by atoms with Gasteiger partial charge in [0.1, 0.15) is 5.82 Å². The van der Waals surface area contributed by atoms with Gasteiger partial charge in [-0.05, 0) is 42.9 Å². The second-order valence-electron chi connectivity index (χ2n) is 4.19. The highest BCUT2D eigenvalue weighted by Crippen LogP contribution is 2.27. The molecule has 2 atom stereocenters. The maximum atomic E-state index is 12.7. The van der Waals surface area contributed by atoms with Gasteiger partial charge in [-0.2, -0.15) is 0 Å². The van der Waals surface area contributed by atoms with E-state index < -0.39 is 0 Å². The summed E-state index contributed by atoms with van der Waals surface area (Å²) in [6.07, 6.45) is 4.61. The monoisotopic (exact) mass is 193 g/mol. The molecule has 76 valence electrons. The molecule has 0 spiro atoms. The summed E-state index contributed by atoms with van der Waals surface area (Å²) < 4.78 is 12.7. The van der Waals surface area contributed by atoms with Crippen LogP contribution in [0.25, 0.3) is 0 Å². The molecule has 0 radical (unpaired) electrons. The van der Waals surface area contributed by atoms with Crippen LogP contribution in [0.2, 0.25) is 0 Å². The molecule has 0 bridgehead atoms. The van der Waals surface area contributed by atoms with Gasteiger partial charge in [0.25, 0.3) is 0 Å². The zero-order valence-corrected chi connectivity index (χ0v) is 8.25. The SMILES string of the molecule is N[C@H]1CCC[C@@H]1Cc1ccc(F)cc1. The molecular weight excluding hydrogens is 177 g/mol. The van der Waals surface area contributed by atoms with Crippen LogP contribution in [0.1, 0.15) is 24.8 Å². The van der Waals surface area contributed by atoms with Crippen molar-refractivity contribution in [3.8, 4) is 0 Å². The van der Waals surface area contributed by atoms with Gasteiger partial charge in [-0.25, -0.2) is 4.39 Å². The summed E-state index contributed by atoms with van der Waals surface area (Å²) >= 11 is 0. The molecule has 1 nitrogen and oxygen atoms in total. The van der Waals surface area contributed by atoms with Crippen molar-refractivity contribution in [1.29, 1.82) is 0 Å². The van der Waals surface area contributed by atoms with Crippen LogP contribution in [0.4, 0.5) is 4.39 Å². The van der Waals surface area contributed by atoms with Crippen LogP contribution < -0.4 is 5.73 Å². The van der Waals surface area contributed by atoms with Crippen molar-refractivity contribution in [2.24, 2.45) is 11.7 Å². The Morgan fingerprint density at radius 2 is 1.93 bits per heavy atom. The smallest absolute Gasteiger partial charge is 0.123 e. The topological polar surface area (TPSA) is 26.0 Å². The first-order chi connectivity index (χ1) is 6.75. The third-order valence-electron chi connectivity index (χ3n) is 3.13. The van der Waals surface area contributed by atoms with E-state index in [1.54, 1.807) is 0 Å². The van der Waals surface area contributed by atoms with E-state index in [0.29, 0.717) is 12.0 Å². The van der Waals surface area contributed by atoms with E-state index in [1.807, 2.05) is 12.1 Å². The first-order valence-electron chi connectivity index (χ1n) is 5.26. The molecule has 2 N–H and O–H groups in total. The lowest BCUT2D eigenvalue weighted by Crippen LogP contribution is -2.25. The number of rotatable bonds is 2. The fourth-order valence-electron chi connectivity index (χ4n) is 2.24. The van der Waals surface area contributed by atoms with Crippen molar-refractivity contribution in [1.82, 2.24) is 0 Å². The van der Waals surface area contributed by atoms with Crippen LogP contribution in [0.3, 0.4) is 0 Å². The first-order valence-corrected chi connectivity index (χ1v) is 5.26. The highest BCUT2D eigenvalue weighted by molar-refractivity contribution is 5.17. The van der Waals surface area contributed by atoms with Gasteiger partial charge in [0, 0.05) is 6.04 Å². The van der Waals surface area contributed by atoms with Crippen molar-refractivity contribution in [2.45, 2.75) is 31.7 Å². The molecule has 1 aliphatic rings. The van der Waals surface area contributed by atoms with Gasteiger partial charge in [-0.15, -0.1) is 0 Å². The Balaban J connectivity index is 2.00. The van der Waals surface area contributed by atoms with Crippen molar-refractivity contribution in [3.63, 3.8) is 0 Å². The highest BCUT2D eigenvalue weighted by Gasteiger charge is 2.23. The predicted octanol–water partition coefficient (Wildman–Crippen LogP) is 2.50. The van der Waals surface area contributed by atoms with E-state index in [2.05, 4.69) is 0 Å². The van der Waals surface area contributed by atoms with Gasteiger partial charge in [0.15, 0.2) is 0 Å². The molecule has 2 rings (SSSR count). The lowest BCUT2D eigenvalue weighted by Gasteiger charge is -2.14. The minimum Gasteiger partial charge on any atom is -0.327 e. The van der Waals surface area contributed by atoms with E-state index in [-0.39, 0.29) is 5.82 Å². The Bertz CT molecular complexity index is 294. The molecule has 14 heavy (non-hydrogen) atoms. The van der Waals surface area contributed by atoms with Gasteiger partial charge in [-0.1, -0.05) is 18.6 Å². The molecular formula is C12H16FN. The standard InChI is InChI=1S/C12H16FN/c13-11-6-4-9(5-7-11)8-10-2-1-3-12(10)14/h4-7,10,12H,1-3,8,14H2/t10-,12+/m1/s1. The number of nitrogens with two attached hydrogens (primary N) is 1. The van der Waals surface area contributed by atoms with E-state index in [9.17, 15) is 4.39 Å². The van der Waals surface area contributed by atoms with Crippen LogP contribution in [-0.4, -0.2) is 6.04 Å². The lowest BCUT2D eigenvalue weighted by atomic mass is 9.95. The van der Waals surface area contributed by atoms with Crippen molar-refractivity contribution in [3.05, 3.63) is 35.6 Å². The van der Waals surface area contributed by atoms with Gasteiger partial charge in [-0.3, -0.25) is 0 Å². The molecule has 0 aliphatic heterocycles. The molecule has 0 saturated heterocycles. The third-order valence-corrected chi connectivity index (χ3v) is 3.13. The average Bonchev–Trinajstić information content (AvgIpc) is 2.56. The Labute approximate surface area is 84.1 Å². The molecule has 0 heterocycles. The largest absolute Gasteiger partial charge is 0.327 e. The van der Waals surface area contributed by atoms with Gasteiger partial charge in [0.2, 0.25) is 0 Å². The molecule has 1 aromatic rings. The molecule has 1 saturated carbocycles. The maximum Gasteiger partial charge on any atom is 0.123 e. The summed E-state index contributed by atoms with van der Waals surface area (Å²) in [5, 5.41) is 0. The number of hydrogen-bond donors (Lipinski definition) is 1. The summed E-state index contributed by atoms with van der Waals surface area (Å²) in [4.78, 5) is 0. The minimum atomic E-state index is -0.163. The number of hydrogen-bond acceptors (Lipinski definition) is 1. The zero-order valence-electron chi connectivity index (χ0n) is 8.25. The molecule has 0 amide bonds. The number of halogens is 1. The Hall–Kier alpha value is -0.890. The van der Waals surface area contributed by atoms with E-state index in [0.717, 1.165) is 12.8 Å². The first kappa shape index (κ1) is 9.66. The van der Waals surface area contributed by atoms with Gasteiger partial charge < -0.3 is 5.73 Å². The van der Waals surface area contributed by atoms with Crippen molar-refractivity contribution < 1.29 is 4.39 Å². The van der Waals surface area contributed by atoms with Gasteiger partial charge in [0.05, 0.1) is 0 Å². The Kier molecular flexibility index (Phi) is 2.82. The minimum absolute atomic E-state index is 0.163. The van der Waals surface area contributed by atoms with E-state index in [4.69, 9.17) is 5.73 Å². The molecule has 1 aromatic carbocycles. The number of benzene rings is 1. The molecule has 1 fully saturated rings. The summed E-state index contributed by atoms with van der Waals surface area (Å²) in [7, 11) is 0. The molecule has 2 heteroatoms. The Morgan fingerprint density at radius 1 is 1.21 bits per heavy atom. The normalized spacial score (nSPS) is 26.7. The van der Waals surface area contributed by atoms with Crippen LogP contribution in [0.15, 0.2) is 24.3 Å². The van der Waals surface area contributed by atoms with Crippen LogP contribution in [-0.2, 0) is 6.42 Å². The maximum absolute atomic E-state index is 12.7. The summed E-state index contributed by atoms with van der Waals surface area (Å²) in [6, 6.07) is 7.12. The van der Waals surface area contributed by atoms with Crippen molar-refractivity contribution >= 4 is 0 Å². The molecule has 1 aliphatic carbocycles. The van der Waals surface area contributed by atoms with Crippen LogP contribution in [0.5, 0.6) is 0 Å². The van der Waals surface area contributed by atoms with E-state index >= 15 is 0 Å².